The van der Waals surface area contributed by atoms with Crippen LogP contribution >= 0.6 is 0 Å². The Bertz CT molecular complexity index is 3170. The van der Waals surface area contributed by atoms with Crippen molar-refractivity contribution in [3.05, 3.63) is 208 Å². The second kappa shape index (κ2) is 12.6. The van der Waals surface area contributed by atoms with Crippen LogP contribution in [0.3, 0.4) is 0 Å². The van der Waals surface area contributed by atoms with Gasteiger partial charge in [-0.1, -0.05) is 164 Å². The van der Waals surface area contributed by atoms with E-state index in [1.165, 1.54) is 65.7 Å². The molecular weight excluding hydrogens is 667 g/mol. The summed E-state index contributed by atoms with van der Waals surface area (Å²) in [4.78, 5) is 0. The molecule has 2 nitrogen and oxygen atoms in total. The molecule has 2 atom stereocenters. The number of fused-ring (bicyclic) bond motifs is 7. The molecule has 2 heteroatoms. The maximum atomic E-state index is 10.2. The van der Waals surface area contributed by atoms with E-state index in [9.17, 15) is 5.26 Å². The number of para-hydroxylation sites is 1. The average molecular weight is 702 g/mol. The molecule has 7 aromatic carbocycles. The highest BCUT2D eigenvalue weighted by Gasteiger charge is 2.34. The van der Waals surface area contributed by atoms with Crippen LogP contribution in [-0.4, -0.2) is 0 Å². The highest BCUT2D eigenvalue weighted by Crippen LogP contribution is 2.49. The molecule has 0 N–H and O–H groups in total. The summed E-state index contributed by atoms with van der Waals surface area (Å²) in [5.41, 5.74) is 14.9. The Balaban J connectivity index is 1.22. The van der Waals surface area contributed by atoms with Crippen LogP contribution in [-0.2, 0) is 6.42 Å². The molecule has 8 aromatic rings. The molecule has 0 amide bonds. The second-order valence-corrected chi connectivity index (χ2v) is 14.8. The van der Waals surface area contributed by atoms with Gasteiger partial charge >= 0.3 is 0 Å². The lowest BCUT2D eigenvalue weighted by Crippen LogP contribution is -2.40. The minimum Gasteiger partial charge on any atom is -0.455 e. The average Bonchev–Trinajstić information content (AvgIpc) is 3.65. The fourth-order valence-electron chi connectivity index (χ4n) is 9.81. The third-order valence-electron chi connectivity index (χ3n) is 12.0. The first-order valence-corrected chi connectivity index (χ1v) is 19.2. The van der Waals surface area contributed by atoms with E-state index in [1.807, 2.05) is 18.2 Å². The lowest BCUT2D eigenvalue weighted by Gasteiger charge is -2.33. The van der Waals surface area contributed by atoms with Crippen LogP contribution in [0.25, 0.3) is 72.2 Å². The van der Waals surface area contributed by atoms with E-state index in [0.29, 0.717) is 5.56 Å². The number of benzene rings is 7. The number of furan rings is 1. The van der Waals surface area contributed by atoms with Crippen molar-refractivity contribution in [2.75, 3.05) is 0 Å². The molecule has 1 aromatic heterocycles. The van der Waals surface area contributed by atoms with E-state index >= 15 is 0 Å². The molecular formula is C53H35NO. The number of rotatable bonds is 4. The zero-order valence-electron chi connectivity index (χ0n) is 30.2. The Hall–Kier alpha value is -6.95. The summed E-state index contributed by atoms with van der Waals surface area (Å²) in [6.07, 6.45) is 15.7. The summed E-state index contributed by atoms with van der Waals surface area (Å²) in [6, 6.07) is 52.3. The molecule has 0 fully saturated rings. The van der Waals surface area contributed by atoms with Crippen molar-refractivity contribution in [1.82, 2.24) is 0 Å². The molecule has 3 aliphatic carbocycles. The van der Waals surface area contributed by atoms with Gasteiger partial charge in [0.05, 0.1) is 11.6 Å². The Labute approximate surface area is 319 Å². The molecule has 0 saturated heterocycles. The summed E-state index contributed by atoms with van der Waals surface area (Å²) in [5, 5.41) is 17.3. The first-order valence-electron chi connectivity index (χ1n) is 19.2. The molecule has 3 aliphatic rings. The molecule has 2 unspecified atom stereocenters. The van der Waals surface area contributed by atoms with Crippen molar-refractivity contribution in [3.63, 3.8) is 0 Å². The third-order valence-corrected chi connectivity index (χ3v) is 12.0. The van der Waals surface area contributed by atoms with Gasteiger partial charge in [0, 0.05) is 28.2 Å². The molecule has 55 heavy (non-hydrogen) atoms. The summed E-state index contributed by atoms with van der Waals surface area (Å²) >= 11 is 0. The van der Waals surface area contributed by atoms with Crippen LogP contribution in [0.5, 0.6) is 0 Å². The highest BCUT2D eigenvalue weighted by atomic mass is 16.3. The molecule has 258 valence electrons. The van der Waals surface area contributed by atoms with Gasteiger partial charge in [-0.3, -0.25) is 0 Å². The van der Waals surface area contributed by atoms with Gasteiger partial charge in [0.2, 0.25) is 0 Å². The summed E-state index contributed by atoms with van der Waals surface area (Å²) in [5.74, 6) is 0.124. The molecule has 0 bridgehead atoms. The van der Waals surface area contributed by atoms with Crippen LogP contribution < -0.4 is 10.4 Å². The van der Waals surface area contributed by atoms with Gasteiger partial charge in [0.25, 0.3) is 0 Å². The first kappa shape index (κ1) is 31.6. The van der Waals surface area contributed by atoms with Crippen molar-refractivity contribution in [2.45, 2.75) is 12.8 Å². The molecule has 0 spiro atoms. The van der Waals surface area contributed by atoms with E-state index < -0.39 is 0 Å². The topological polar surface area (TPSA) is 36.9 Å². The van der Waals surface area contributed by atoms with Crippen molar-refractivity contribution >= 4 is 49.9 Å². The van der Waals surface area contributed by atoms with Crippen molar-refractivity contribution in [3.8, 4) is 28.3 Å². The fourth-order valence-corrected chi connectivity index (χ4v) is 9.81. The number of hydrogen-bond acceptors (Lipinski definition) is 2. The molecule has 0 aliphatic heterocycles. The number of allylic oxidation sites excluding steroid dienone is 5. The Morgan fingerprint density at radius 2 is 1.18 bits per heavy atom. The van der Waals surface area contributed by atoms with E-state index in [1.54, 1.807) is 0 Å². The highest BCUT2D eigenvalue weighted by molar-refractivity contribution is 6.20. The van der Waals surface area contributed by atoms with Crippen LogP contribution in [0.2, 0.25) is 0 Å². The van der Waals surface area contributed by atoms with Crippen molar-refractivity contribution in [1.29, 1.82) is 5.26 Å². The minimum absolute atomic E-state index is 0.0616. The molecule has 0 saturated carbocycles. The fraction of sp³-hybridized carbons (Fsp3) is 0.0755. The Morgan fingerprint density at radius 3 is 1.96 bits per heavy atom. The van der Waals surface area contributed by atoms with E-state index in [-0.39, 0.29) is 11.8 Å². The Kier molecular flexibility index (Phi) is 7.22. The van der Waals surface area contributed by atoms with Gasteiger partial charge in [0.1, 0.15) is 11.2 Å². The van der Waals surface area contributed by atoms with E-state index in [4.69, 9.17) is 4.42 Å². The normalized spacial score (nSPS) is 17.0. The van der Waals surface area contributed by atoms with Gasteiger partial charge in [-0.25, -0.2) is 0 Å². The second-order valence-electron chi connectivity index (χ2n) is 14.8. The van der Waals surface area contributed by atoms with Crippen LogP contribution in [0.1, 0.15) is 34.2 Å². The number of nitriles is 1. The van der Waals surface area contributed by atoms with Crippen LogP contribution in [0, 0.1) is 23.2 Å². The lowest BCUT2D eigenvalue weighted by molar-refractivity contribution is 0.659. The maximum Gasteiger partial charge on any atom is 0.142 e. The summed E-state index contributed by atoms with van der Waals surface area (Å²) in [7, 11) is 0. The largest absolute Gasteiger partial charge is 0.455 e. The zero-order valence-corrected chi connectivity index (χ0v) is 30.2. The lowest BCUT2D eigenvalue weighted by atomic mass is 9.69. The van der Waals surface area contributed by atoms with E-state index in [2.05, 4.69) is 164 Å². The first-order chi connectivity index (χ1) is 27.3. The predicted octanol–water partition coefficient (Wildman–Crippen LogP) is 11.7. The number of nitrogens with zero attached hydrogens (tertiary/aromatic N) is 1. The van der Waals surface area contributed by atoms with Gasteiger partial charge in [-0.15, -0.1) is 0 Å². The van der Waals surface area contributed by atoms with Crippen molar-refractivity contribution < 1.29 is 4.42 Å². The Morgan fingerprint density at radius 1 is 0.564 bits per heavy atom. The van der Waals surface area contributed by atoms with Crippen molar-refractivity contribution in [2.24, 2.45) is 11.8 Å². The van der Waals surface area contributed by atoms with Crippen LogP contribution in [0.4, 0.5) is 0 Å². The summed E-state index contributed by atoms with van der Waals surface area (Å²) in [6.45, 7) is 0. The predicted molar refractivity (Wildman–Crippen MR) is 227 cm³/mol. The SMILES string of the molecule is N#Cc1ccccc1C1=c2ccccc2=C(c2cccc3c2oc2cccc(-c4c5c(c(-c6ccccc6)c6ccccc46)CCC=C5)c23)C2C=CC=CC12. The maximum absolute atomic E-state index is 10.2. The number of hydrogen-bond donors (Lipinski definition) is 0. The van der Waals surface area contributed by atoms with Gasteiger partial charge in [-0.05, 0) is 96.3 Å². The quantitative estimate of drug-likeness (QED) is 0.183. The monoisotopic (exact) mass is 701 g/mol. The van der Waals surface area contributed by atoms with Gasteiger partial charge < -0.3 is 4.42 Å². The molecule has 1 heterocycles. The van der Waals surface area contributed by atoms with Gasteiger partial charge in [-0.2, -0.15) is 5.26 Å². The standard InChI is InChI=1S/C53H35NO/c54-32-34-18-4-5-19-35(34)49-40-24-10-12-26-42(40)51(43-27-13-11-25-41(43)49)45-29-14-30-46-52-44(28-15-31-47(52)55-53(45)46)50-38-22-8-6-20-36(38)48(33-16-2-1-3-17-33)37-21-7-9-23-39(37)50/h1-6,8-20,22-31,40,42H,7,21H2. The van der Waals surface area contributed by atoms with Gasteiger partial charge in [0.15, 0.2) is 0 Å². The zero-order chi connectivity index (χ0) is 36.5. The molecule has 11 rings (SSSR count). The van der Waals surface area contributed by atoms with E-state index in [0.717, 1.165) is 45.9 Å². The third kappa shape index (κ3) is 4.73. The minimum atomic E-state index is 0.0616. The summed E-state index contributed by atoms with van der Waals surface area (Å²) < 4.78 is 7.06. The molecule has 0 radical (unpaired) electrons. The van der Waals surface area contributed by atoms with Crippen LogP contribution in [0.15, 0.2) is 174 Å². The smallest absolute Gasteiger partial charge is 0.142 e.